The standard InChI is InChI=1S/C62H74N8O13/c1-39(2)57(75)68-61-67-56-55(59(77)69-61)42(36-65-56)21-18-40-16-19-41(20-17-40)58(76)66-50(60(78)81-6)30-31-52(72)64-34-12-8-11-15-53(73)70-37-49(83-54(74)33-32-51(71)63-3)35-46(70)38-82-62(43-13-9-7-10-14-43,44-22-26-47(79-4)27-23-44)45-24-28-48(80-5)29-25-45/h7,9-10,13-14,16-17,19-20,22-29,36,39,46,49-50H,8,11-12,15,18,21,30-35,37-38H2,1-6H3,(H,63,71)(H,64,72)(H,66,76)(H3,65,67,68,69,75,77)/t46-,49+,50-/m0/s1. The third-order valence-corrected chi connectivity index (χ3v) is 14.6. The molecule has 0 aliphatic carbocycles. The number of nitrogens with zero attached hydrogens (tertiary/aromatic N) is 2. The van der Waals surface area contributed by atoms with Gasteiger partial charge in [-0.15, -0.1) is 0 Å². The summed E-state index contributed by atoms with van der Waals surface area (Å²) in [5.74, 6) is -1.71. The van der Waals surface area contributed by atoms with Crippen LogP contribution in [0.3, 0.4) is 0 Å². The van der Waals surface area contributed by atoms with Gasteiger partial charge in [-0.3, -0.25) is 43.9 Å². The normalized spacial score (nSPS) is 14.4. The van der Waals surface area contributed by atoms with Gasteiger partial charge in [-0.1, -0.05) is 87.0 Å². The predicted molar refractivity (Wildman–Crippen MR) is 310 cm³/mol. The largest absolute Gasteiger partial charge is 0.497 e. The van der Waals surface area contributed by atoms with E-state index in [-0.39, 0.29) is 86.3 Å². The van der Waals surface area contributed by atoms with Crippen LogP contribution in [0, 0.1) is 5.92 Å². The van der Waals surface area contributed by atoms with E-state index in [9.17, 15) is 38.4 Å². The maximum Gasteiger partial charge on any atom is 0.328 e. The number of nitrogens with one attached hydrogen (secondary N) is 6. The van der Waals surface area contributed by atoms with Crippen molar-refractivity contribution in [3.05, 3.63) is 153 Å². The summed E-state index contributed by atoms with van der Waals surface area (Å²) in [4.78, 5) is 115. The first-order valence-electron chi connectivity index (χ1n) is 27.9. The smallest absolute Gasteiger partial charge is 0.328 e. The zero-order chi connectivity index (χ0) is 59.5. The minimum absolute atomic E-state index is 0.0151. The van der Waals surface area contributed by atoms with Crippen LogP contribution in [0.15, 0.2) is 114 Å². The summed E-state index contributed by atoms with van der Waals surface area (Å²) in [7, 11) is 5.90. The second-order valence-corrected chi connectivity index (χ2v) is 20.6. The van der Waals surface area contributed by atoms with Gasteiger partial charge >= 0.3 is 11.9 Å². The van der Waals surface area contributed by atoms with Crippen LogP contribution in [-0.4, -0.2) is 128 Å². The minimum atomic E-state index is -1.17. The topological polar surface area (TPSA) is 279 Å². The Morgan fingerprint density at radius 3 is 2.05 bits per heavy atom. The van der Waals surface area contributed by atoms with Crippen molar-refractivity contribution in [3.8, 4) is 11.5 Å². The molecule has 0 unspecified atom stereocenters. The molecule has 21 heteroatoms. The number of aromatic nitrogens is 3. The third-order valence-electron chi connectivity index (χ3n) is 14.6. The lowest BCUT2D eigenvalue weighted by atomic mass is 9.80. The molecule has 5 amide bonds. The summed E-state index contributed by atoms with van der Waals surface area (Å²) in [6.45, 7) is 3.98. The molecule has 2 aromatic heterocycles. The van der Waals surface area contributed by atoms with Gasteiger partial charge in [0, 0.05) is 57.0 Å². The predicted octanol–water partition coefficient (Wildman–Crippen LogP) is 6.42. The number of rotatable bonds is 29. The molecule has 7 rings (SSSR count). The first-order chi connectivity index (χ1) is 40.0. The zero-order valence-corrected chi connectivity index (χ0v) is 47.8. The number of likely N-dealkylation sites (tertiary alicyclic amines) is 1. The molecule has 1 aliphatic heterocycles. The number of benzene rings is 4. The maximum atomic E-state index is 14.2. The average Bonchev–Trinajstić information content (AvgIpc) is 3.51. The van der Waals surface area contributed by atoms with Gasteiger partial charge in [0.15, 0.2) is 0 Å². The number of aryl methyl sites for hydroxylation is 2. The number of hydrogen-bond donors (Lipinski definition) is 6. The van der Waals surface area contributed by atoms with Crippen molar-refractivity contribution in [1.29, 1.82) is 0 Å². The fourth-order valence-corrected chi connectivity index (χ4v) is 9.97. The number of ether oxygens (including phenoxy) is 5. The van der Waals surface area contributed by atoms with Crippen LogP contribution in [0.5, 0.6) is 11.5 Å². The van der Waals surface area contributed by atoms with Crippen LogP contribution < -0.4 is 36.3 Å². The molecule has 4 aromatic carbocycles. The van der Waals surface area contributed by atoms with E-state index in [1.807, 2.05) is 78.9 Å². The summed E-state index contributed by atoms with van der Waals surface area (Å²) in [6, 6.07) is 30.3. The van der Waals surface area contributed by atoms with E-state index in [1.165, 1.54) is 14.2 Å². The van der Waals surface area contributed by atoms with Crippen molar-refractivity contribution in [3.63, 3.8) is 0 Å². The Morgan fingerprint density at radius 2 is 1.42 bits per heavy atom. The van der Waals surface area contributed by atoms with Crippen molar-refractivity contribution in [2.45, 2.75) is 108 Å². The molecule has 21 nitrogen and oxygen atoms in total. The highest BCUT2D eigenvalue weighted by Crippen LogP contribution is 2.42. The fourth-order valence-electron chi connectivity index (χ4n) is 9.97. The molecule has 3 heterocycles. The van der Waals surface area contributed by atoms with Crippen LogP contribution >= 0.6 is 0 Å². The van der Waals surface area contributed by atoms with Gasteiger partial charge in [-0.05, 0) is 96.3 Å². The molecular formula is C62H74N8O13. The molecule has 6 N–H and O–H groups in total. The number of methoxy groups -OCH3 is 3. The highest BCUT2D eigenvalue weighted by molar-refractivity contribution is 5.97. The molecule has 83 heavy (non-hydrogen) atoms. The molecule has 6 aromatic rings. The number of fused-ring (bicyclic) bond motifs is 1. The number of aromatic amines is 2. The van der Waals surface area contributed by atoms with E-state index in [1.54, 1.807) is 63.4 Å². The quantitative estimate of drug-likeness (QED) is 0.0168. The first kappa shape index (κ1) is 61.8. The Morgan fingerprint density at radius 1 is 0.759 bits per heavy atom. The monoisotopic (exact) mass is 1140 g/mol. The Labute approximate surface area is 481 Å². The van der Waals surface area contributed by atoms with Crippen molar-refractivity contribution in [1.82, 2.24) is 35.8 Å². The second kappa shape index (κ2) is 29.7. The number of carbonyl (C=O) groups is 7. The third kappa shape index (κ3) is 16.4. The number of esters is 2. The van der Waals surface area contributed by atoms with E-state index in [4.69, 9.17) is 23.7 Å². The number of hydrogen-bond acceptors (Lipinski definition) is 14. The molecule has 0 saturated carbocycles. The number of anilines is 1. The molecule has 1 saturated heterocycles. The molecule has 440 valence electrons. The Bertz CT molecular complexity index is 3190. The van der Waals surface area contributed by atoms with Gasteiger partial charge in [0.05, 0.1) is 52.3 Å². The number of carbonyl (C=O) groups excluding carboxylic acids is 7. The summed E-state index contributed by atoms with van der Waals surface area (Å²) in [6.07, 6.45) is 4.01. The van der Waals surface area contributed by atoms with Crippen LogP contribution in [0.2, 0.25) is 0 Å². The summed E-state index contributed by atoms with van der Waals surface area (Å²) in [5, 5.41) is 11.1. The summed E-state index contributed by atoms with van der Waals surface area (Å²) >= 11 is 0. The maximum absolute atomic E-state index is 14.2. The van der Waals surface area contributed by atoms with Crippen LogP contribution in [0.1, 0.15) is 110 Å². The van der Waals surface area contributed by atoms with Crippen LogP contribution in [0.25, 0.3) is 11.0 Å². The summed E-state index contributed by atoms with van der Waals surface area (Å²) < 4.78 is 29.0. The molecule has 1 fully saturated rings. The zero-order valence-electron chi connectivity index (χ0n) is 47.8. The molecule has 3 atom stereocenters. The Hall–Kier alpha value is -8.85. The number of H-pyrrole nitrogens is 2. The molecule has 0 spiro atoms. The molecule has 0 radical (unpaired) electrons. The van der Waals surface area contributed by atoms with Crippen LogP contribution in [0.4, 0.5) is 5.95 Å². The average molecular weight is 1140 g/mol. The second-order valence-electron chi connectivity index (χ2n) is 20.6. The van der Waals surface area contributed by atoms with E-state index in [2.05, 4.69) is 36.2 Å². The minimum Gasteiger partial charge on any atom is -0.497 e. The van der Waals surface area contributed by atoms with E-state index in [0.717, 1.165) is 27.8 Å². The van der Waals surface area contributed by atoms with Crippen molar-refractivity contribution >= 4 is 58.5 Å². The number of unbranched alkanes of at least 4 members (excludes halogenated alkanes) is 2. The SMILES string of the molecule is CNC(=O)CCC(=O)O[C@@H]1C[C@@H](COC(c2ccccc2)(c2ccc(OC)cc2)c2ccc(OC)cc2)N(C(=O)CCCCCNC(=O)CC[C@H](NC(=O)c2ccc(CCc3c[nH]c4nc(NC(=O)C(C)C)[nH]c(=O)c34)cc2)C(=O)OC)C1. The van der Waals surface area contributed by atoms with Gasteiger partial charge in [0.1, 0.15) is 34.9 Å². The lowest BCUT2D eigenvalue weighted by Crippen LogP contribution is -2.42. The van der Waals surface area contributed by atoms with Gasteiger partial charge in [0.25, 0.3) is 11.5 Å². The van der Waals surface area contributed by atoms with Gasteiger partial charge in [-0.25, -0.2) is 4.79 Å². The highest BCUT2D eigenvalue weighted by Gasteiger charge is 2.43. The number of amides is 5. The first-order valence-corrected chi connectivity index (χ1v) is 27.9. The Kier molecular flexibility index (Phi) is 22.1. The van der Waals surface area contributed by atoms with Gasteiger partial charge in [-0.2, -0.15) is 4.98 Å². The Balaban J connectivity index is 0.908. The lowest BCUT2D eigenvalue weighted by Gasteiger charge is -2.38. The van der Waals surface area contributed by atoms with Crippen molar-refractivity contribution in [2.75, 3.05) is 53.4 Å². The lowest BCUT2D eigenvalue weighted by molar-refractivity contribution is -0.150. The van der Waals surface area contributed by atoms with Crippen molar-refractivity contribution in [2.24, 2.45) is 5.92 Å². The van der Waals surface area contributed by atoms with Gasteiger partial charge in [0.2, 0.25) is 29.6 Å². The van der Waals surface area contributed by atoms with E-state index < -0.39 is 41.6 Å². The molecule has 0 bridgehead atoms. The van der Waals surface area contributed by atoms with Gasteiger partial charge < -0.3 is 49.5 Å². The summed E-state index contributed by atoms with van der Waals surface area (Å²) in [5.41, 5.74) is 3.17. The fraction of sp³-hybridized carbons (Fsp3) is 0.403. The van der Waals surface area contributed by atoms with Crippen LogP contribution in [-0.2, 0) is 61.4 Å². The van der Waals surface area contributed by atoms with E-state index in [0.29, 0.717) is 73.2 Å². The molecule has 1 aliphatic rings. The highest BCUT2D eigenvalue weighted by atomic mass is 16.5. The van der Waals surface area contributed by atoms with Crippen molar-refractivity contribution < 1.29 is 57.2 Å². The van der Waals surface area contributed by atoms with E-state index >= 15 is 0 Å². The molecular weight excluding hydrogens is 1060 g/mol.